The predicted octanol–water partition coefficient (Wildman–Crippen LogP) is 1.10. The Balaban J connectivity index is 2.05. The van der Waals surface area contributed by atoms with E-state index in [1.807, 2.05) is 4.90 Å². The molecule has 0 aromatic heterocycles. The molecule has 2 aliphatic rings. The second-order valence-electron chi connectivity index (χ2n) is 4.19. The summed E-state index contributed by atoms with van der Waals surface area (Å²) in [5, 5.41) is 3.39. The van der Waals surface area contributed by atoms with Crippen LogP contribution >= 0.6 is 0 Å². The fraction of sp³-hybridized carbons (Fsp3) is 0.900. The fourth-order valence-electron chi connectivity index (χ4n) is 2.52. The van der Waals surface area contributed by atoms with Crippen molar-refractivity contribution in [1.82, 2.24) is 10.2 Å². The quantitative estimate of drug-likeness (QED) is 0.693. The third kappa shape index (κ3) is 1.35. The van der Waals surface area contributed by atoms with E-state index in [0.29, 0.717) is 5.91 Å². The molecule has 3 nitrogen and oxygen atoms in total. The molecular formula is C10H18N2O. The summed E-state index contributed by atoms with van der Waals surface area (Å²) in [7, 11) is 0. The summed E-state index contributed by atoms with van der Waals surface area (Å²) in [6.07, 6.45) is 5.57. The van der Waals surface area contributed by atoms with Gasteiger partial charge in [0.2, 0.25) is 5.91 Å². The molecule has 74 valence electrons. The van der Waals surface area contributed by atoms with Gasteiger partial charge in [-0.1, -0.05) is 19.8 Å². The van der Waals surface area contributed by atoms with Crippen molar-refractivity contribution in [3.63, 3.8) is 0 Å². The molecule has 1 N–H and O–H groups in total. The molecule has 0 bridgehead atoms. The lowest BCUT2D eigenvalue weighted by Gasteiger charge is -2.21. The Hall–Kier alpha value is -0.570. The zero-order valence-electron chi connectivity index (χ0n) is 8.31. The maximum Gasteiger partial charge on any atom is 0.243 e. The molecule has 3 heteroatoms. The molecule has 1 spiro atoms. The first kappa shape index (κ1) is 9.00. The minimum absolute atomic E-state index is 0.144. The Morgan fingerprint density at radius 3 is 2.77 bits per heavy atom. The highest BCUT2D eigenvalue weighted by molar-refractivity contribution is 5.88. The van der Waals surface area contributed by atoms with Crippen LogP contribution in [-0.4, -0.2) is 29.6 Å². The molecule has 0 aromatic carbocycles. The number of carbonyl (C=O) groups is 1. The zero-order chi connectivity index (χ0) is 9.31. The van der Waals surface area contributed by atoms with Crippen molar-refractivity contribution in [3.05, 3.63) is 0 Å². The van der Waals surface area contributed by atoms with E-state index in [1.54, 1.807) is 0 Å². The van der Waals surface area contributed by atoms with Crippen LogP contribution < -0.4 is 5.32 Å². The average Bonchev–Trinajstić information content (AvgIpc) is 2.70. The molecule has 1 aliphatic carbocycles. The second kappa shape index (κ2) is 3.29. The van der Waals surface area contributed by atoms with Crippen molar-refractivity contribution >= 4 is 5.91 Å². The Morgan fingerprint density at radius 1 is 1.46 bits per heavy atom. The Labute approximate surface area is 79.5 Å². The fourth-order valence-corrected chi connectivity index (χ4v) is 2.52. The number of carbonyl (C=O) groups excluding carboxylic acids is 1. The minimum Gasteiger partial charge on any atom is -0.328 e. The SMILES string of the molecule is CCCN1CNC2(CCCC2)C1=O. The molecule has 1 saturated carbocycles. The summed E-state index contributed by atoms with van der Waals surface area (Å²) in [6.45, 7) is 3.80. The van der Waals surface area contributed by atoms with Gasteiger partial charge in [-0.15, -0.1) is 0 Å². The standard InChI is InChI=1S/C10H18N2O/c1-2-7-12-8-11-10(9(12)13)5-3-4-6-10/h11H,2-8H2,1H3. The third-order valence-corrected chi connectivity index (χ3v) is 3.26. The van der Waals surface area contributed by atoms with Crippen LogP contribution in [0.4, 0.5) is 0 Å². The van der Waals surface area contributed by atoms with Crippen LogP contribution in [0.15, 0.2) is 0 Å². The van der Waals surface area contributed by atoms with E-state index >= 15 is 0 Å². The van der Waals surface area contributed by atoms with E-state index in [4.69, 9.17) is 0 Å². The minimum atomic E-state index is -0.144. The molecule has 13 heavy (non-hydrogen) atoms. The van der Waals surface area contributed by atoms with Gasteiger partial charge in [-0.05, 0) is 19.3 Å². The topological polar surface area (TPSA) is 32.3 Å². The lowest BCUT2D eigenvalue weighted by Crippen LogP contribution is -2.43. The van der Waals surface area contributed by atoms with Crippen LogP contribution in [-0.2, 0) is 4.79 Å². The van der Waals surface area contributed by atoms with E-state index in [2.05, 4.69) is 12.2 Å². The van der Waals surface area contributed by atoms with Crippen molar-refractivity contribution in [2.45, 2.75) is 44.6 Å². The normalized spacial score (nSPS) is 26.2. The van der Waals surface area contributed by atoms with Gasteiger partial charge >= 0.3 is 0 Å². The maximum absolute atomic E-state index is 12.0. The van der Waals surface area contributed by atoms with Gasteiger partial charge in [0.1, 0.15) is 0 Å². The molecule has 2 rings (SSSR count). The lowest BCUT2D eigenvalue weighted by molar-refractivity contribution is -0.132. The van der Waals surface area contributed by atoms with Gasteiger partial charge in [-0.3, -0.25) is 10.1 Å². The van der Waals surface area contributed by atoms with Gasteiger partial charge < -0.3 is 4.90 Å². The third-order valence-electron chi connectivity index (χ3n) is 3.26. The number of hydrogen-bond acceptors (Lipinski definition) is 2. The lowest BCUT2D eigenvalue weighted by atomic mass is 9.98. The highest BCUT2D eigenvalue weighted by Crippen LogP contribution is 2.34. The summed E-state index contributed by atoms with van der Waals surface area (Å²) in [6, 6.07) is 0. The first-order chi connectivity index (χ1) is 6.28. The monoisotopic (exact) mass is 182 g/mol. The van der Waals surface area contributed by atoms with Crippen LogP contribution in [0, 0.1) is 0 Å². The molecule has 1 amide bonds. The van der Waals surface area contributed by atoms with Gasteiger partial charge in [-0.25, -0.2) is 0 Å². The van der Waals surface area contributed by atoms with Crippen molar-refractivity contribution in [2.24, 2.45) is 0 Å². The number of nitrogens with one attached hydrogen (secondary N) is 1. The average molecular weight is 182 g/mol. The predicted molar refractivity (Wildman–Crippen MR) is 51.2 cm³/mol. The van der Waals surface area contributed by atoms with E-state index in [0.717, 1.165) is 32.5 Å². The van der Waals surface area contributed by atoms with E-state index < -0.39 is 0 Å². The Morgan fingerprint density at radius 2 is 2.15 bits per heavy atom. The van der Waals surface area contributed by atoms with Gasteiger partial charge in [0.25, 0.3) is 0 Å². The number of amides is 1. The van der Waals surface area contributed by atoms with Crippen molar-refractivity contribution in [1.29, 1.82) is 0 Å². The Bertz CT molecular complexity index is 209. The van der Waals surface area contributed by atoms with Crippen LogP contribution in [0.25, 0.3) is 0 Å². The molecule has 1 heterocycles. The largest absolute Gasteiger partial charge is 0.328 e. The van der Waals surface area contributed by atoms with E-state index in [1.165, 1.54) is 12.8 Å². The van der Waals surface area contributed by atoms with Gasteiger partial charge in [0.05, 0.1) is 12.2 Å². The van der Waals surface area contributed by atoms with Crippen molar-refractivity contribution in [3.8, 4) is 0 Å². The summed E-state index contributed by atoms with van der Waals surface area (Å²) in [5.74, 6) is 0.354. The van der Waals surface area contributed by atoms with Crippen LogP contribution in [0.3, 0.4) is 0 Å². The Kier molecular flexibility index (Phi) is 2.28. The maximum atomic E-state index is 12.0. The highest BCUT2D eigenvalue weighted by Gasteiger charge is 2.47. The van der Waals surface area contributed by atoms with Crippen LogP contribution in [0.5, 0.6) is 0 Å². The summed E-state index contributed by atoms with van der Waals surface area (Å²) < 4.78 is 0. The first-order valence-corrected chi connectivity index (χ1v) is 5.33. The summed E-state index contributed by atoms with van der Waals surface area (Å²) in [5.41, 5.74) is -0.144. The van der Waals surface area contributed by atoms with Gasteiger partial charge in [0.15, 0.2) is 0 Å². The summed E-state index contributed by atoms with van der Waals surface area (Å²) >= 11 is 0. The smallest absolute Gasteiger partial charge is 0.243 e. The molecule has 0 radical (unpaired) electrons. The molecule has 0 atom stereocenters. The number of rotatable bonds is 2. The van der Waals surface area contributed by atoms with E-state index in [-0.39, 0.29) is 5.54 Å². The van der Waals surface area contributed by atoms with Gasteiger partial charge in [-0.2, -0.15) is 0 Å². The molecular weight excluding hydrogens is 164 g/mol. The molecule has 1 aliphatic heterocycles. The van der Waals surface area contributed by atoms with Crippen LogP contribution in [0.2, 0.25) is 0 Å². The van der Waals surface area contributed by atoms with Gasteiger partial charge in [0, 0.05) is 6.54 Å². The second-order valence-corrected chi connectivity index (χ2v) is 4.19. The highest BCUT2D eigenvalue weighted by atomic mass is 16.2. The van der Waals surface area contributed by atoms with Crippen molar-refractivity contribution < 1.29 is 4.79 Å². The number of nitrogens with zero attached hydrogens (tertiary/aromatic N) is 1. The molecule has 0 unspecified atom stereocenters. The van der Waals surface area contributed by atoms with Crippen LogP contribution in [0.1, 0.15) is 39.0 Å². The van der Waals surface area contributed by atoms with E-state index in [9.17, 15) is 4.79 Å². The first-order valence-electron chi connectivity index (χ1n) is 5.33. The summed E-state index contributed by atoms with van der Waals surface area (Å²) in [4.78, 5) is 13.9. The van der Waals surface area contributed by atoms with Crippen molar-refractivity contribution in [2.75, 3.05) is 13.2 Å². The molecule has 0 aromatic rings. The molecule has 2 fully saturated rings. The molecule has 1 saturated heterocycles. The number of hydrogen-bond donors (Lipinski definition) is 1. The zero-order valence-corrected chi connectivity index (χ0v) is 8.31.